The van der Waals surface area contributed by atoms with Gasteiger partial charge in [0.25, 0.3) is 0 Å². The molecule has 4 heterocycles. The normalized spacial score (nSPS) is 11.9. The van der Waals surface area contributed by atoms with E-state index in [0.29, 0.717) is 17.5 Å². The number of rotatable bonds is 5. The minimum Gasteiger partial charge on any atom is -0.454 e. The van der Waals surface area contributed by atoms with Gasteiger partial charge in [0.2, 0.25) is 0 Å². The number of aromatic nitrogens is 5. The van der Waals surface area contributed by atoms with Gasteiger partial charge in [0.15, 0.2) is 23.1 Å². The molecule has 6 nitrogen and oxygen atoms in total. The van der Waals surface area contributed by atoms with Gasteiger partial charge in [-0.2, -0.15) is 0 Å². The van der Waals surface area contributed by atoms with Crippen molar-refractivity contribution < 1.29 is 4.42 Å². The summed E-state index contributed by atoms with van der Waals surface area (Å²) in [6, 6.07) is 65.5. The summed E-state index contributed by atoms with van der Waals surface area (Å²) in [5, 5.41) is 6.94. The molecule has 0 aliphatic heterocycles. The van der Waals surface area contributed by atoms with Crippen LogP contribution in [-0.2, 0) is 0 Å². The van der Waals surface area contributed by atoms with Crippen molar-refractivity contribution in [2.24, 2.45) is 0 Å². The topological polar surface area (TPSA) is 61.7 Å². The van der Waals surface area contributed by atoms with Crippen LogP contribution in [0.25, 0.3) is 111 Å². The Hall–Kier alpha value is -7.83. The highest BCUT2D eigenvalue weighted by atomic mass is 16.3. The second kappa shape index (κ2) is 12.3. The standard InChI is InChI=1S/C51H31N5O/c1-4-14-32(15-5-1)49-52-50(33-16-6-2-7-17-33)54-51(53-49)34-24-26-36(27-25-34)55-42-22-12-10-21-41(42)45-43(55)31-30-38-39-28-29-40-37-20-11-13-23-44(37)57-48(40)47(39)56(46(38)45)35-18-8-3-9-19-35/h1-31H. The van der Waals surface area contributed by atoms with Crippen LogP contribution in [0, 0.1) is 0 Å². The Bertz CT molecular complexity index is 3430. The summed E-state index contributed by atoms with van der Waals surface area (Å²) < 4.78 is 11.5. The average molecular weight is 730 g/mol. The quantitative estimate of drug-likeness (QED) is 0.177. The van der Waals surface area contributed by atoms with Crippen LogP contribution in [0.2, 0.25) is 0 Å². The number of nitrogens with zero attached hydrogens (tertiary/aromatic N) is 5. The van der Waals surface area contributed by atoms with Crippen LogP contribution in [0.5, 0.6) is 0 Å². The second-order valence-corrected chi connectivity index (χ2v) is 14.4. The van der Waals surface area contributed by atoms with E-state index in [1.807, 2.05) is 66.7 Å². The lowest BCUT2D eigenvalue weighted by atomic mass is 10.1. The number of para-hydroxylation sites is 3. The molecule has 0 spiro atoms. The molecule has 0 atom stereocenters. The zero-order valence-corrected chi connectivity index (χ0v) is 30.5. The number of hydrogen-bond acceptors (Lipinski definition) is 4. The summed E-state index contributed by atoms with van der Waals surface area (Å²) in [6.45, 7) is 0. The summed E-state index contributed by atoms with van der Waals surface area (Å²) in [4.78, 5) is 14.9. The van der Waals surface area contributed by atoms with Gasteiger partial charge in [-0.25, -0.2) is 15.0 Å². The molecule has 6 heteroatoms. The molecule has 0 aliphatic carbocycles. The first-order chi connectivity index (χ1) is 28.3. The summed E-state index contributed by atoms with van der Waals surface area (Å²) in [5.41, 5.74) is 11.2. The molecule has 0 saturated heterocycles. The lowest BCUT2D eigenvalue weighted by molar-refractivity contribution is 0.671. The van der Waals surface area contributed by atoms with Crippen molar-refractivity contribution in [3.05, 3.63) is 188 Å². The van der Waals surface area contributed by atoms with Crippen molar-refractivity contribution in [2.45, 2.75) is 0 Å². The number of furan rings is 1. The van der Waals surface area contributed by atoms with Gasteiger partial charge in [-0.3, -0.25) is 0 Å². The smallest absolute Gasteiger partial charge is 0.164 e. The Morgan fingerprint density at radius 3 is 1.53 bits per heavy atom. The van der Waals surface area contributed by atoms with Crippen molar-refractivity contribution in [1.29, 1.82) is 0 Å². The molecule has 0 N–H and O–H groups in total. The molecule has 4 aromatic heterocycles. The number of hydrogen-bond donors (Lipinski definition) is 0. The lowest BCUT2D eigenvalue weighted by Gasteiger charge is -2.11. The predicted octanol–water partition coefficient (Wildman–Crippen LogP) is 13.0. The van der Waals surface area contributed by atoms with Gasteiger partial charge < -0.3 is 13.6 Å². The minimum atomic E-state index is 0.627. The third-order valence-corrected chi connectivity index (χ3v) is 11.2. The average Bonchev–Trinajstić information content (AvgIpc) is 3.95. The molecule has 12 aromatic rings. The maximum absolute atomic E-state index is 6.70. The molecule has 0 bridgehead atoms. The Morgan fingerprint density at radius 2 is 0.842 bits per heavy atom. The summed E-state index contributed by atoms with van der Waals surface area (Å²) in [5.74, 6) is 1.91. The molecular weight excluding hydrogens is 699 g/mol. The highest BCUT2D eigenvalue weighted by Crippen LogP contribution is 2.45. The molecule has 266 valence electrons. The van der Waals surface area contributed by atoms with E-state index in [1.54, 1.807) is 0 Å². The molecule has 0 radical (unpaired) electrons. The van der Waals surface area contributed by atoms with Crippen LogP contribution in [0.15, 0.2) is 192 Å². The van der Waals surface area contributed by atoms with E-state index >= 15 is 0 Å². The van der Waals surface area contributed by atoms with E-state index in [2.05, 4.69) is 130 Å². The van der Waals surface area contributed by atoms with Crippen molar-refractivity contribution >= 4 is 65.6 Å². The minimum absolute atomic E-state index is 0.627. The lowest BCUT2D eigenvalue weighted by Crippen LogP contribution is -2.00. The summed E-state index contributed by atoms with van der Waals surface area (Å²) in [7, 11) is 0. The van der Waals surface area contributed by atoms with Gasteiger partial charge in [-0.15, -0.1) is 0 Å². The Balaban J connectivity index is 1.09. The van der Waals surface area contributed by atoms with E-state index in [0.717, 1.165) is 77.5 Å². The van der Waals surface area contributed by atoms with E-state index in [9.17, 15) is 0 Å². The van der Waals surface area contributed by atoms with Gasteiger partial charge in [0.05, 0.1) is 22.1 Å². The van der Waals surface area contributed by atoms with Gasteiger partial charge in [0.1, 0.15) is 5.58 Å². The first kappa shape index (κ1) is 31.5. The molecule has 0 aliphatic rings. The fraction of sp³-hybridized carbons (Fsp3) is 0. The van der Waals surface area contributed by atoms with Gasteiger partial charge >= 0.3 is 0 Å². The monoisotopic (exact) mass is 729 g/mol. The largest absolute Gasteiger partial charge is 0.454 e. The van der Waals surface area contributed by atoms with Crippen LogP contribution in [0.4, 0.5) is 0 Å². The van der Waals surface area contributed by atoms with Crippen LogP contribution >= 0.6 is 0 Å². The van der Waals surface area contributed by atoms with Gasteiger partial charge in [-0.1, -0.05) is 127 Å². The van der Waals surface area contributed by atoms with E-state index in [-0.39, 0.29) is 0 Å². The second-order valence-electron chi connectivity index (χ2n) is 14.4. The fourth-order valence-electron chi connectivity index (χ4n) is 8.63. The van der Waals surface area contributed by atoms with E-state index in [1.165, 1.54) is 16.2 Å². The summed E-state index contributed by atoms with van der Waals surface area (Å²) >= 11 is 0. The SMILES string of the molecule is c1ccc(-c2nc(-c3ccccc3)nc(-c3ccc(-n4c5ccccc5c5c4ccc4c6ccc7c8ccccc8oc7c6n(-c6ccccc6)c45)cc3)n2)cc1. The van der Waals surface area contributed by atoms with E-state index < -0.39 is 0 Å². The molecule has 57 heavy (non-hydrogen) atoms. The third-order valence-electron chi connectivity index (χ3n) is 11.2. The zero-order chi connectivity index (χ0) is 37.5. The Labute approximate surface area is 326 Å². The van der Waals surface area contributed by atoms with Gasteiger partial charge in [0, 0.05) is 60.4 Å². The van der Waals surface area contributed by atoms with Crippen LogP contribution in [0.3, 0.4) is 0 Å². The maximum Gasteiger partial charge on any atom is 0.164 e. The van der Waals surface area contributed by atoms with Crippen molar-refractivity contribution in [2.75, 3.05) is 0 Å². The number of fused-ring (bicyclic) bond motifs is 11. The van der Waals surface area contributed by atoms with Crippen LogP contribution in [-0.4, -0.2) is 24.1 Å². The van der Waals surface area contributed by atoms with Gasteiger partial charge in [-0.05, 0) is 60.7 Å². The maximum atomic E-state index is 6.70. The Kier molecular flexibility index (Phi) is 6.83. The van der Waals surface area contributed by atoms with E-state index in [4.69, 9.17) is 19.4 Å². The molecule has 8 aromatic carbocycles. The molecule has 0 amide bonds. The highest BCUT2D eigenvalue weighted by Gasteiger charge is 2.24. The molecule has 0 unspecified atom stereocenters. The van der Waals surface area contributed by atoms with Crippen molar-refractivity contribution in [3.8, 4) is 45.5 Å². The molecular formula is C51H31N5O. The molecule has 0 fully saturated rings. The summed E-state index contributed by atoms with van der Waals surface area (Å²) in [6.07, 6.45) is 0. The third kappa shape index (κ3) is 4.81. The molecule has 0 saturated carbocycles. The van der Waals surface area contributed by atoms with Crippen molar-refractivity contribution in [3.63, 3.8) is 0 Å². The first-order valence-corrected chi connectivity index (χ1v) is 19.1. The van der Waals surface area contributed by atoms with Crippen molar-refractivity contribution in [1.82, 2.24) is 24.1 Å². The highest BCUT2D eigenvalue weighted by molar-refractivity contribution is 6.29. The fourth-order valence-corrected chi connectivity index (χ4v) is 8.63. The number of benzene rings is 8. The molecule has 12 rings (SSSR count). The van der Waals surface area contributed by atoms with Crippen LogP contribution < -0.4 is 0 Å². The Morgan fingerprint density at radius 1 is 0.333 bits per heavy atom. The zero-order valence-electron chi connectivity index (χ0n) is 30.5. The van der Waals surface area contributed by atoms with Crippen LogP contribution in [0.1, 0.15) is 0 Å². The first-order valence-electron chi connectivity index (χ1n) is 19.1. The predicted molar refractivity (Wildman–Crippen MR) is 232 cm³/mol.